The first-order valence-electron chi connectivity index (χ1n) is 8.19. The lowest BCUT2D eigenvalue weighted by molar-refractivity contribution is 0.368. The minimum Gasteiger partial charge on any atom is -0.356 e. The highest BCUT2D eigenvalue weighted by Gasteiger charge is 2.09. The van der Waals surface area contributed by atoms with Crippen LogP contribution in [0, 0.1) is 13.8 Å². The molecule has 0 fully saturated rings. The van der Waals surface area contributed by atoms with Gasteiger partial charge in [0.2, 0.25) is 5.89 Å². The molecule has 0 aliphatic rings. The van der Waals surface area contributed by atoms with Crippen molar-refractivity contribution in [3.8, 4) is 0 Å². The highest BCUT2D eigenvalue weighted by Crippen LogP contribution is 2.16. The number of aryl methyl sites for hydroxylation is 3. The highest BCUT2D eigenvalue weighted by molar-refractivity contribution is 14.0. The minimum atomic E-state index is 0. The Kier molecular flexibility index (Phi) is 9.33. The molecule has 9 heteroatoms. The van der Waals surface area contributed by atoms with Gasteiger partial charge in [-0.1, -0.05) is 19.0 Å². The Balaban J connectivity index is 0.00000312. The molecule has 0 radical (unpaired) electrons. The van der Waals surface area contributed by atoms with Gasteiger partial charge in [-0.15, -0.1) is 35.3 Å². The van der Waals surface area contributed by atoms with Crippen LogP contribution >= 0.6 is 35.3 Å². The number of hydrogen-bond donors (Lipinski definition) is 2. The van der Waals surface area contributed by atoms with Gasteiger partial charge >= 0.3 is 0 Å². The van der Waals surface area contributed by atoms with Crippen LogP contribution < -0.4 is 10.6 Å². The van der Waals surface area contributed by atoms with E-state index in [1.54, 1.807) is 18.4 Å². The zero-order chi connectivity index (χ0) is 17.5. The second kappa shape index (κ2) is 10.7. The molecule has 0 spiro atoms. The fraction of sp³-hybridized carbons (Fsp3) is 0.625. The summed E-state index contributed by atoms with van der Waals surface area (Å²) in [4.78, 5) is 14.3. The molecule has 0 aliphatic heterocycles. The normalized spacial score (nSPS) is 11.5. The van der Waals surface area contributed by atoms with Crippen LogP contribution in [0.2, 0.25) is 0 Å². The van der Waals surface area contributed by atoms with Crippen LogP contribution in [-0.2, 0) is 13.0 Å². The van der Waals surface area contributed by atoms with Gasteiger partial charge in [-0.3, -0.25) is 4.99 Å². The molecule has 140 valence electrons. The Morgan fingerprint density at radius 2 is 2.00 bits per heavy atom. The van der Waals surface area contributed by atoms with Crippen molar-refractivity contribution < 1.29 is 4.52 Å². The summed E-state index contributed by atoms with van der Waals surface area (Å²) < 4.78 is 5.24. The first-order chi connectivity index (χ1) is 11.5. The molecule has 0 aromatic carbocycles. The predicted molar refractivity (Wildman–Crippen MR) is 112 cm³/mol. The van der Waals surface area contributed by atoms with Gasteiger partial charge in [-0.2, -0.15) is 4.98 Å². The van der Waals surface area contributed by atoms with Gasteiger partial charge in [0.1, 0.15) is 0 Å². The van der Waals surface area contributed by atoms with Crippen LogP contribution in [0.15, 0.2) is 9.52 Å². The molecule has 0 aliphatic carbocycles. The summed E-state index contributed by atoms with van der Waals surface area (Å²) in [5.41, 5.74) is 1.08. The van der Waals surface area contributed by atoms with E-state index in [1.165, 1.54) is 4.88 Å². The lowest BCUT2D eigenvalue weighted by Crippen LogP contribution is -2.37. The number of thiazole rings is 1. The van der Waals surface area contributed by atoms with Gasteiger partial charge in [0, 0.05) is 30.8 Å². The molecule has 0 amide bonds. The van der Waals surface area contributed by atoms with Gasteiger partial charge < -0.3 is 15.2 Å². The van der Waals surface area contributed by atoms with Crippen LogP contribution in [0.25, 0.3) is 0 Å². The van der Waals surface area contributed by atoms with Gasteiger partial charge in [0.15, 0.2) is 11.8 Å². The Morgan fingerprint density at radius 1 is 1.24 bits per heavy atom. The van der Waals surface area contributed by atoms with Crippen molar-refractivity contribution in [3.05, 3.63) is 27.3 Å². The van der Waals surface area contributed by atoms with Crippen LogP contribution in [0.5, 0.6) is 0 Å². The van der Waals surface area contributed by atoms with E-state index in [1.807, 2.05) is 13.8 Å². The molecular weight excluding hydrogens is 451 g/mol. The average molecular weight is 478 g/mol. The Hall–Kier alpha value is -1.23. The Labute approximate surface area is 170 Å². The monoisotopic (exact) mass is 478 g/mol. The van der Waals surface area contributed by atoms with Crippen molar-refractivity contribution >= 4 is 41.3 Å². The molecule has 0 bridgehead atoms. The number of nitrogens with one attached hydrogen (secondary N) is 2. The van der Waals surface area contributed by atoms with Crippen LogP contribution in [0.4, 0.5) is 0 Å². The second-order valence-corrected chi connectivity index (χ2v) is 7.19. The molecule has 2 aromatic rings. The first-order valence-corrected chi connectivity index (χ1v) is 9.01. The number of nitrogens with zero attached hydrogens (tertiary/aromatic N) is 4. The van der Waals surface area contributed by atoms with E-state index in [2.05, 4.69) is 44.6 Å². The van der Waals surface area contributed by atoms with E-state index in [0.717, 1.165) is 48.4 Å². The summed E-state index contributed by atoms with van der Waals surface area (Å²) in [6.45, 7) is 9.69. The van der Waals surface area contributed by atoms with Crippen molar-refractivity contribution in [2.45, 2.75) is 53.0 Å². The van der Waals surface area contributed by atoms with E-state index in [0.29, 0.717) is 11.8 Å². The molecule has 2 N–H and O–H groups in total. The summed E-state index contributed by atoms with van der Waals surface area (Å²) in [6.07, 6.45) is 1.66. The van der Waals surface area contributed by atoms with Gasteiger partial charge in [0.25, 0.3) is 0 Å². The number of rotatable bonds is 7. The summed E-state index contributed by atoms with van der Waals surface area (Å²) in [5.74, 6) is 2.54. The Morgan fingerprint density at radius 3 is 2.56 bits per heavy atom. The summed E-state index contributed by atoms with van der Waals surface area (Å²) in [7, 11) is 1.77. The summed E-state index contributed by atoms with van der Waals surface area (Å²) in [5, 5.41) is 11.7. The van der Waals surface area contributed by atoms with E-state index in [-0.39, 0.29) is 24.0 Å². The molecular formula is C16H27IN6OS. The predicted octanol–water partition coefficient (Wildman–Crippen LogP) is 3.18. The zero-order valence-corrected chi connectivity index (χ0v) is 18.6. The lowest BCUT2D eigenvalue weighted by Gasteiger charge is -2.10. The molecule has 2 rings (SSSR count). The minimum absolute atomic E-state index is 0. The van der Waals surface area contributed by atoms with Crippen molar-refractivity contribution in [1.29, 1.82) is 0 Å². The number of hydrogen-bond acceptors (Lipinski definition) is 6. The van der Waals surface area contributed by atoms with E-state index < -0.39 is 0 Å². The number of guanidine groups is 1. The fourth-order valence-electron chi connectivity index (χ4n) is 2.17. The smallest absolute Gasteiger partial charge is 0.226 e. The molecule has 2 aromatic heterocycles. The number of aromatic nitrogens is 3. The molecule has 7 nitrogen and oxygen atoms in total. The summed E-state index contributed by atoms with van der Waals surface area (Å²) in [6, 6.07) is 0. The van der Waals surface area contributed by atoms with E-state index in [4.69, 9.17) is 4.52 Å². The lowest BCUT2D eigenvalue weighted by atomic mass is 10.2. The summed E-state index contributed by atoms with van der Waals surface area (Å²) >= 11 is 1.71. The standard InChI is InChI=1S/C16H26N6OS.HI/c1-10(2)15-21-14(23-22-15)7-6-8-18-16(17-5)19-9-13-11(3)20-12(4)24-13;/h10H,6-9H2,1-5H3,(H2,17,18,19);1H. The SMILES string of the molecule is CN=C(NCCCc1nc(C(C)C)no1)NCc1sc(C)nc1C.I. The molecule has 2 heterocycles. The van der Waals surface area contributed by atoms with Gasteiger partial charge in [-0.25, -0.2) is 4.98 Å². The van der Waals surface area contributed by atoms with E-state index in [9.17, 15) is 0 Å². The molecule has 0 saturated carbocycles. The third kappa shape index (κ3) is 6.89. The van der Waals surface area contributed by atoms with Gasteiger partial charge in [0.05, 0.1) is 17.2 Å². The van der Waals surface area contributed by atoms with Crippen molar-refractivity contribution in [2.75, 3.05) is 13.6 Å². The topological polar surface area (TPSA) is 88.2 Å². The third-order valence-corrected chi connectivity index (χ3v) is 4.57. The highest BCUT2D eigenvalue weighted by atomic mass is 127. The molecule has 25 heavy (non-hydrogen) atoms. The maximum Gasteiger partial charge on any atom is 0.226 e. The van der Waals surface area contributed by atoms with Crippen molar-refractivity contribution in [3.63, 3.8) is 0 Å². The van der Waals surface area contributed by atoms with Crippen molar-refractivity contribution in [1.82, 2.24) is 25.8 Å². The van der Waals surface area contributed by atoms with Crippen LogP contribution in [0.3, 0.4) is 0 Å². The van der Waals surface area contributed by atoms with Crippen LogP contribution in [0.1, 0.15) is 53.5 Å². The second-order valence-electron chi connectivity index (χ2n) is 5.90. The largest absolute Gasteiger partial charge is 0.356 e. The Bertz CT molecular complexity index is 682. The molecule has 0 saturated heterocycles. The van der Waals surface area contributed by atoms with Crippen LogP contribution in [-0.4, -0.2) is 34.7 Å². The van der Waals surface area contributed by atoms with Gasteiger partial charge in [-0.05, 0) is 20.3 Å². The van der Waals surface area contributed by atoms with E-state index >= 15 is 0 Å². The number of aliphatic imine (C=N–C) groups is 1. The number of halogens is 1. The fourth-order valence-corrected chi connectivity index (χ4v) is 3.05. The molecule has 0 unspecified atom stereocenters. The maximum atomic E-state index is 5.24. The zero-order valence-electron chi connectivity index (χ0n) is 15.4. The average Bonchev–Trinajstić information content (AvgIpc) is 3.13. The third-order valence-electron chi connectivity index (χ3n) is 3.50. The molecule has 0 atom stereocenters. The quantitative estimate of drug-likeness (QED) is 0.275. The first kappa shape index (κ1) is 21.8. The van der Waals surface area contributed by atoms with Crippen molar-refractivity contribution in [2.24, 2.45) is 4.99 Å². The maximum absolute atomic E-state index is 5.24.